The lowest BCUT2D eigenvalue weighted by Crippen LogP contribution is -2.39. The fraction of sp³-hybridized carbons (Fsp3) is 0.318. The molecule has 1 aliphatic rings. The molecule has 1 unspecified atom stereocenters. The van der Waals surface area contributed by atoms with Crippen LogP contribution in [0.3, 0.4) is 0 Å². The van der Waals surface area contributed by atoms with E-state index >= 15 is 0 Å². The quantitative estimate of drug-likeness (QED) is 0.411. The second-order valence-electron chi connectivity index (χ2n) is 7.11. The number of rotatable bonds is 9. The zero-order valence-electron chi connectivity index (χ0n) is 16.6. The molecule has 1 aliphatic carbocycles. The maximum atomic E-state index is 14.2. The predicted octanol–water partition coefficient (Wildman–Crippen LogP) is 5.61. The highest BCUT2D eigenvalue weighted by Crippen LogP contribution is 2.73. The zero-order valence-corrected chi connectivity index (χ0v) is 17.5. The number of amides is 1. The second kappa shape index (κ2) is 9.11. The lowest BCUT2D eigenvalue weighted by atomic mass is 10.2. The number of halogens is 2. The van der Waals surface area contributed by atoms with Crippen LogP contribution in [0.1, 0.15) is 24.5 Å². The molecule has 0 bridgehead atoms. The highest BCUT2D eigenvalue weighted by molar-refractivity contribution is 7.60. The van der Waals surface area contributed by atoms with Crippen molar-refractivity contribution in [2.75, 3.05) is 6.61 Å². The van der Waals surface area contributed by atoms with E-state index in [1.165, 1.54) is 6.07 Å². The lowest BCUT2D eigenvalue weighted by Gasteiger charge is -2.29. The summed E-state index contributed by atoms with van der Waals surface area (Å²) >= 11 is 0. The normalized spacial score (nSPS) is 22.0. The molecule has 2 aromatic carbocycles. The van der Waals surface area contributed by atoms with Crippen LogP contribution in [0.4, 0.5) is 13.6 Å². The van der Waals surface area contributed by atoms with Crippen LogP contribution in [0, 0.1) is 17.6 Å². The first-order valence-corrected chi connectivity index (χ1v) is 11.4. The Labute approximate surface area is 174 Å². The Bertz CT molecular complexity index is 949. The van der Waals surface area contributed by atoms with E-state index in [0.29, 0.717) is 0 Å². The summed E-state index contributed by atoms with van der Waals surface area (Å²) in [5.74, 6) is -1.99. The molecule has 8 heteroatoms. The molecule has 160 valence electrons. The molecule has 1 saturated carbocycles. The summed E-state index contributed by atoms with van der Waals surface area (Å²) in [4.78, 5) is 12.5. The van der Waals surface area contributed by atoms with Gasteiger partial charge >= 0.3 is 6.09 Å². The third-order valence-electron chi connectivity index (χ3n) is 5.17. The average molecular weight is 435 g/mol. The van der Waals surface area contributed by atoms with Gasteiger partial charge in [-0.1, -0.05) is 42.5 Å². The summed E-state index contributed by atoms with van der Waals surface area (Å²) < 4.78 is 53.2. The highest BCUT2D eigenvalue weighted by atomic mass is 31.2. The van der Waals surface area contributed by atoms with Crippen LogP contribution in [0.5, 0.6) is 0 Å². The number of carbonyl (C=O) groups excluding carboxylic acids is 1. The molecular formula is C22H24F2NO4P. The van der Waals surface area contributed by atoms with Gasteiger partial charge in [-0.3, -0.25) is 4.57 Å². The van der Waals surface area contributed by atoms with Gasteiger partial charge in [0.05, 0.1) is 12.8 Å². The van der Waals surface area contributed by atoms with Crippen molar-refractivity contribution >= 4 is 13.5 Å². The van der Waals surface area contributed by atoms with Crippen LogP contribution in [-0.2, 0) is 26.6 Å². The van der Waals surface area contributed by atoms with Gasteiger partial charge in [0.2, 0.25) is 7.37 Å². The Kier molecular flexibility index (Phi) is 6.74. The number of nitrogens with one attached hydrogen (secondary N) is 1. The molecule has 0 saturated heterocycles. The van der Waals surface area contributed by atoms with Gasteiger partial charge in [-0.05, 0) is 31.0 Å². The average Bonchev–Trinajstić information content (AvgIpc) is 3.45. The summed E-state index contributed by atoms with van der Waals surface area (Å²) in [7, 11) is -3.77. The molecule has 2 aromatic rings. The van der Waals surface area contributed by atoms with Gasteiger partial charge in [-0.15, -0.1) is 6.58 Å². The van der Waals surface area contributed by atoms with Crippen molar-refractivity contribution in [1.29, 1.82) is 0 Å². The second-order valence-corrected chi connectivity index (χ2v) is 9.83. The maximum absolute atomic E-state index is 14.2. The number of benzene rings is 2. The van der Waals surface area contributed by atoms with Gasteiger partial charge in [0, 0.05) is 11.5 Å². The van der Waals surface area contributed by atoms with Crippen molar-refractivity contribution in [2.45, 2.75) is 31.4 Å². The SMILES string of the molecule is C=C[C@@H]1C[C@]1(NC(=O)OCc1ccccc1)P(=O)(Cc1c(F)cccc1F)OCC. The minimum atomic E-state index is -3.77. The van der Waals surface area contributed by atoms with E-state index < -0.39 is 36.5 Å². The van der Waals surface area contributed by atoms with Gasteiger partial charge in [0.1, 0.15) is 23.5 Å². The monoisotopic (exact) mass is 435 g/mol. The van der Waals surface area contributed by atoms with Crippen LogP contribution < -0.4 is 5.32 Å². The number of hydrogen-bond donors (Lipinski definition) is 1. The molecule has 0 aliphatic heterocycles. The number of ether oxygens (including phenoxy) is 1. The van der Waals surface area contributed by atoms with Crippen LogP contribution in [-0.4, -0.2) is 18.0 Å². The van der Waals surface area contributed by atoms with Gasteiger partial charge in [0.15, 0.2) is 0 Å². The third kappa shape index (κ3) is 4.47. The van der Waals surface area contributed by atoms with Crippen molar-refractivity contribution in [3.63, 3.8) is 0 Å². The minimum absolute atomic E-state index is 0.0301. The Morgan fingerprint density at radius 3 is 2.47 bits per heavy atom. The Hall–Kier alpha value is -2.50. The van der Waals surface area contributed by atoms with Crippen molar-refractivity contribution in [1.82, 2.24) is 5.32 Å². The largest absolute Gasteiger partial charge is 0.445 e. The standard InChI is InChI=1S/C22H24F2NO4P/c1-3-17-13-22(17,25-21(26)28-14-16-9-6-5-7-10-16)30(27,29-4-2)15-18-19(23)11-8-12-20(18)24/h3,5-12,17H,1,4,13-15H2,2H3,(H,25,26)/t17-,22+,30?/m1/s1. The van der Waals surface area contributed by atoms with Crippen LogP contribution in [0.2, 0.25) is 0 Å². The summed E-state index contributed by atoms with van der Waals surface area (Å²) in [6, 6.07) is 12.5. The van der Waals surface area contributed by atoms with E-state index in [1.807, 2.05) is 18.2 Å². The van der Waals surface area contributed by atoms with E-state index in [-0.39, 0.29) is 31.1 Å². The summed E-state index contributed by atoms with van der Waals surface area (Å²) in [5, 5.41) is 1.35. The molecule has 1 amide bonds. The molecule has 0 radical (unpaired) electrons. The smallest absolute Gasteiger partial charge is 0.408 e. The van der Waals surface area contributed by atoms with E-state index in [1.54, 1.807) is 25.1 Å². The van der Waals surface area contributed by atoms with Crippen LogP contribution >= 0.6 is 7.37 Å². The molecular weight excluding hydrogens is 411 g/mol. The topological polar surface area (TPSA) is 64.6 Å². The van der Waals surface area contributed by atoms with E-state index in [4.69, 9.17) is 9.26 Å². The first-order chi connectivity index (χ1) is 14.3. The summed E-state index contributed by atoms with van der Waals surface area (Å²) in [6.07, 6.45) is 0.575. The van der Waals surface area contributed by atoms with E-state index in [2.05, 4.69) is 11.9 Å². The van der Waals surface area contributed by atoms with Crippen molar-refractivity contribution in [3.05, 3.63) is 83.9 Å². The molecule has 1 N–H and O–H groups in total. The molecule has 1 fully saturated rings. The van der Waals surface area contributed by atoms with Gasteiger partial charge in [0.25, 0.3) is 0 Å². The first-order valence-electron chi connectivity index (χ1n) is 9.63. The summed E-state index contributed by atoms with van der Waals surface area (Å²) in [5.41, 5.74) is 0.460. The molecule has 0 aromatic heterocycles. The Balaban J connectivity index is 1.83. The van der Waals surface area contributed by atoms with Gasteiger partial charge < -0.3 is 14.6 Å². The zero-order chi connectivity index (χ0) is 21.8. The molecule has 5 nitrogen and oxygen atoms in total. The van der Waals surface area contributed by atoms with Crippen molar-refractivity contribution in [3.8, 4) is 0 Å². The highest BCUT2D eigenvalue weighted by Gasteiger charge is 2.66. The molecule has 0 heterocycles. The fourth-order valence-corrected chi connectivity index (χ4v) is 6.60. The lowest BCUT2D eigenvalue weighted by molar-refractivity contribution is 0.136. The van der Waals surface area contributed by atoms with Crippen LogP contribution in [0.15, 0.2) is 61.2 Å². The molecule has 3 rings (SSSR count). The number of hydrogen-bond acceptors (Lipinski definition) is 4. The van der Waals surface area contributed by atoms with Crippen molar-refractivity contribution in [2.24, 2.45) is 5.92 Å². The van der Waals surface area contributed by atoms with Crippen LogP contribution in [0.25, 0.3) is 0 Å². The number of carbonyl (C=O) groups is 1. The molecule has 30 heavy (non-hydrogen) atoms. The molecule has 0 spiro atoms. The minimum Gasteiger partial charge on any atom is -0.445 e. The number of alkyl carbamates (subject to hydrolysis) is 1. The van der Waals surface area contributed by atoms with E-state index in [9.17, 15) is 18.1 Å². The predicted molar refractivity (Wildman–Crippen MR) is 110 cm³/mol. The molecule has 3 atom stereocenters. The third-order valence-corrected chi connectivity index (χ3v) is 8.42. The fourth-order valence-electron chi connectivity index (χ4n) is 3.51. The van der Waals surface area contributed by atoms with Gasteiger partial charge in [-0.2, -0.15) is 0 Å². The van der Waals surface area contributed by atoms with Crippen molar-refractivity contribution < 1.29 is 27.4 Å². The first kappa shape index (κ1) is 22.2. The Morgan fingerprint density at radius 1 is 1.23 bits per heavy atom. The summed E-state index contributed by atoms with van der Waals surface area (Å²) in [6.45, 7) is 5.44. The Morgan fingerprint density at radius 2 is 1.90 bits per heavy atom. The van der Waals surface area contributed by atoms with E-state index in [0.717, 1.165) is 17.7 Å². The van der Waals surface area contributed by atoms with Gasteiger partial charge in [-0.25, -0.2) is 13.6 Å². The maximum Gasteiger partial charge on any atom is 0.408 e.